The van der Waals surface area contributed by atoms with Crippen LogP contribution in [0.2, 0.25) is 0 Å². The van der Waals surface area contributed by atoms with Crippen molar-refractivity contribution in [3.63, 3.8) is 0 Å². The number of aryl methyl sites for hydroxylation is 2. The fourth-order valence-electron chi connectivity index (χ4n) is 5.90. The van der Waals surface area contributed by atoms with E-state index in [9.17, 15) is 19.2 Å². The number of ether oxygens (including phenoxy) is 2. The van der Waals surface area contributed by atoms with Gasteiger partial charge in [0.05, 0.1) is 0 Å². The molecule has 0 aliphatic carbocycles. The van der Waals surface area contributed by atoms with E-state index in [1.807, 2.05) is 76.2 Å². The second kappa shape index (κ2) is 19.5. The van der Waals surface area contributed by atoms with Crippen molar-refractivity contribution in [2.45, 2.75) is 150 Å². The van der Waals surface area contributed by atoms with Crippen molar-refractivity contribution >= 4 is 23.9 Å². The van der Waals surface area contributed by atoms with Crippen LogP contribution in [0.1, 0.15) is 129 Å². The monoisotopic (exact) mass is 693 g/mol. The Kier molecular flexibility index (Phi) is 16.5. The number of esters is 1. The van der Waals surface area contributed by atoms with Crippen LogP contribution < -0.4 is 10.6 Å². The Balaban J connectivity index is 2.68. The normalized spacial score (nSPS) is 13.6. The first-order chi connectivity index (χ1) is 23.3. The van der Waals surface area contributed by atoms with Gasteiger partial charge in [-0.05, 0) is 85.3 Å². The second-order valence-electron chi connectivity index (χ2n) is 15.9. The molecule has 0 fully saturated rings. The Morgan fingerprint density at radius 2 is 1.34 bits per heavy atom. The number of alkyl carbamates (subject to hydrolysis) is 1. The third kappa shape index (κ3) is 15.3. The fourth-order valence-corrected chi connectivity index (χ4v) is 5.90. The van der Waals surface area contributed by atoms with Gasteiger partial charge in [-0.1, -0.05) is 106 Å². The van der Waals surface area contributed by atoms with Crippen molar-refractivity contribution in [2.24, 2.45) is 5.92 Å². The molecule has 278 valence electrons. The number of unbranched alkanes of at least 4 members (excludes halogenated alkanes) is 4. The van der Waals surface area contributed by atoms with Gasteiger partial charge < -0.3 is 25.0 Å². The molecule has 3 atom stereocenters. The molecule has 0 radical (unpaired) electrons. The predicted molar refractivity (Wildman–Crippen MR) is 200 cm³/mol. The van der Waals surface area contributed by atoms with Gasteiger partial charge in [0.25, 0.3) is 0 Å². The largest absolute Gasteiger partial charge is 0.458 e. The molecule has 0 bridgehead atoms. The van der Waals surface area contributed by atoms with Crippen LogP contribution in [0, 0.1) is 19.8 Å². The van der Waals surface area contributed by atoms with E-state index >= 15 is 0 Å². The van der Waals surface area contributed by atoms with E-state index in [0.29, 0.717) is 18.4 Å². The van der Waals surface area contributed by atoms with Gasteiger partial charge in [-0.25, -0.2) is 9.59 Å². The highest BCUT2D eigenvalue weighted by atomic mass is 16.6. The lowest BCUT2D eigenvalue weighted by Gasteiger charge is -2.36. The van der Waals surface area contributed by atoms with Gasteiger partial charge in [-0.15, -0.1) is 0 Å². The summed E-state index contributed by atoms with van der Waals surface area (Å²) >= 11 is 0. The molecule has 0 aromatic heterocycles. The summed E-state index contributed by atoms with van der Waals surface area (Å²) in [7, 11) is 0. The van der Waals surface area contributed by atoms with Crippen molar-refractivity contribution in [1.82, 2.24) is 15.5 Å². The molecule has 0 saturated heterocycles. The number of nitrogens with zero attached hydrogens (tertiary/aromatic N) is 1. The van der Waals surface area contributed by atoms with Gasteiger partial charge in [0.2, 0.25) is 11.8 Å². The number of nitrogens with one attached hydrogen (secondary N) is 2. The zero-order valence-corrected chi connectivity index (χ0v) is 32.5. The molecule has 0 aliphatic rings. The average Bonchev–Trinajstić information content (AvgIpc) is 2.97. The van der Waals surface area contributed by atoms with Crippen molar-refractivity contribution in [2.75, 3.05) is 6.54 Å². The van der Waals surface area contributed by atoms with Crippen LogP contribution >= 0.6 is 0 Å². The molecule has 50 heavy (non-hydrogen) atoms. The van der Waals surface area contributed by atoms with E-state index in [0.717, 1.165) is 42.4 Å². The van der Waals surface area contributed by atoms with E-state index < -0.39 is 47.3 Å². The topological polar surface area (TPSA) is 114 Å². The fraction of sp³-hybridized carbons (Fsp3) is 0.610. The lowest BCUT2D eigenvalue weighted by atomic mass is 9.96. The zero-order chi connectivity index (χ0) is 37.6. The highest BCUT2D eigenvalue weighted by molar-refractivity contribution is 5.94. The SMILES string of the molecule is CCCCCCCN(C(=O)C(CC(C)C)NC(=O)OC(C)(C)C)C(C(=O)NC(Cc1ccccc1)C(=O)OC(C)(C)C)c1cc(C)cc(C)c1. The van der Waals surface area contributed by atoms with Gasteiger partial charge in [-0.3, -0.25) is 9.59 Å². The highest BCUT2D eigenvalue weighted by Gasteiger charge is 2.38. The Labute approximate surface area is 301 Å². The molecule has 3 amide bonds. The first-order valence-corrected chi connectivity index (χ1v) is 18.2. The van der Waals surface area contributed by atoms with Crippen LogP contribution in [-0.2, 0) is 30.3 Å². The number of hydrogen-bond acceptors (Lipinski definition) is 6. The Hall–Kier alpha value is -3.88. The summed E-state index contributed by atoms with van der Waals surface area (Å²) in [5.41, 5.74) is 1.82. The quantitative estimate of drug-likeness (QED) is 0.128. The standard InChI is InChI=1S/C41H63N3O6/c1-12-13-14-15-19-22-44(37(46)33(23-28(2)3)43-39(48)50-41(9,10)11)35(32-25-29(4)24-30(5)26-32)36(45)42-34(38(47)49-40(6,7)8)27-31-20-17-16-18-21-31/h16-18,20-21,24-26,28,33-35H,12-15,19,22-23,27H2,1-11H3,(H,42,45)(H,43,48). The number of benzene rings is 2. The first-order valence-electron chi connectivity index (χ1n) is 18.2. The lowest BCUT2D eigenvalue weighted by molar-refractivity contribution is -0.159. The third-order valence-electron chi connectivity index (χ3n) is 7.89. The predicted octanol–water partition coefficient (Wildman–Crippen LogP) is 8.15. The van der Waals surface area contributed by atoms with E-state index in [-0.39, 0.29) is 24.8 Å². The second-order valence-corrected chi connectivity index (χ2v) is 15.9. The number of amides is 3. The Morgan fingerprint density at radius 3 is 1.88 bits per heavy atom. The van der Waals surface area contributed by atoms with Gasteiger partial charge in [0.1, 0.15) is 29.3 Å². The minimum absolute atomic E-state index is 0.0567. The number of hydrogen-bond donors (Lipinski definition) is 2. The summed E-state index contributed by atoms with van der Waals surface area (Å²) < 4.78 is 11.3. The van der Waals surface area contributed by atoms with Crippen molar-refractivity contribution in [1.29, 1.82) is 0 Å². The van der Waals surface area contributed by atoms with Crippen LogP contribution in [0.15, 0.2) is 48.5 Å². The third-order valence-corrected chi connectivity index (χ3v) is 7.89. The molecular weight excluding hydrogens is 630 g/mol. The van der Waals surface area contributed by atoms with Crippen LogP contribution in [0.5, 0.6) is 0 Å². The maximum absolute atomic E-state index is 14.8. The molecule has 3 unspecified atom stereocenters. The molecule has 2 rings (SSSR count). The van der Waals surface area contributed by atoms with E-state index in [4.69, 9.17) is 9.47 Å². The molecule has 9 nitrogen and oxygen atoms in total. The van der Waals surface area contributed by atoms with Gasteiger partial charge >= 0.3 is 12.1 Å². The molecule has 0 aliphatic heterocycles. The summed E-state index contributed by atoms with van der Waals surface area (Å²) in [4.78, 5) is 57.8. The molecule has 0 saturated carbocycles. The van der Waals surface area contributed by atoms with E-state index in [1.54, 1.807) is 46.4 Å². The number of carbonyl (C=O) groups is 4. The van der Waals surface area contributed by atoms with Crippen molar-refractivity contribution in [3.05, 3.63) is 70.8 Å². The zero-order valence-electron chi connectivity index (χ0n) is 32.5. The maximum atomic E-state index is 14.8. The van der Waals surface area contributed by atoms with Crippen LogP contribution in [-0.4, -0.2) is 58.6 Å². The molecule has 9 heteroatoms. The minimum atomic E-state index is -1.08. The Bertz CT molecular complexity index is 1370. The smallest absolute Gasteiger partial charge is 0.408 e. The van der Waals surface area contributed by atoms with Crippen LogP contribution in [0.3, 0.4) is 0 Å². The number of rotatable bonds is 17. The molecule has 0 heterocycles. The first kappa shape index (κ1) is 42.3. The lowest BCUT2D eigenvalue weighted by Crippen LogP contribution is -2.55. The number of carbonyl (C=O) groups excluding carboxylic acids is 4. The summed E-state index contributed by atoms with van der Waals surface area (Å²) in [5, 5.41) is 5.83. The van der Waals surface area contributed by atoms with Crippen LogP contribution in [0.4, 0.5) is 4.79 Å². The summed E-state index contributed by atoms with van der Waals surface area (Å²) in [6, 6.07) is 12.3. The Morgan fingerprint density at radius 1 is 0.760 bits per heavy atom. The average molecular weight is 694 g/mol. The van der Waals surface area contributed by atoms with Crippen molar-refractivity contribution < 1.29 is 28.7 Å². The molecular formula is C41H63N3O6. The summed E-state index contributed by atoms with van der Waals surface area (Å²) in [6.45, 7) is 21.0. The molecule has 2 aromatic rings. The summed E-state index contributed by atoms with van der Waals surface area (Å²) in [6.07, 6.45) is 4.55. The van der Waals surface area contributed by atoms with Crippen LogP contribution in [0.25, 0.3) is 0 Å². The van der Waals surface area contributed by atoms with Gasteiger partial charge in [0, 0.05) is 13.0 Å². The maximum Gasteiger partial charge on any atom is 0.408 e. The van der Waals surface area contributed by atoms with E-state index in [2.05, 4.69) is 17.6 Å². The van der Waals surface area contributed by atoms with Crippen molar-refractivity contribution in [3.8, 4) is 0 Å². The molecule has 0 spiro atoms. The molecule has 2 aromatic carbocycles. The van der Waals surface area contributed by atoms with Gasteiger partial charge in [-0.2, -0.15) is 0 Å². The molecule has 2 N–H and O–H groups in total. The highest BCUT2D eigenvalue weighted by Crippen LogP contribution is 2.27. The summed E-state index contributed by atoms with van der Waals surface area (Å²) in [5.74, 6) is -1.38. The van der Waals surface area contributed by atoms with Gasteiger partial charge in [0.15, 0.2) is 0 Å². The van der Waals surface area contributed by atoms with E-state index in [1.165, 1.54) is 0 Å². The minimum Gasteiger partial charge on any atom is -0.458 e.